The Labute approximate surface area is 211 Å². The van der Waals surface area contributed by atoms with Crippen molar-refractivity contribution in [1.82, 2.24) is 4.57 Å². The second-order valence-corrected chi connectivity index (χ2v) is 9.48. The number of thiazole rings is 1. The number of ether oxygens (including phenoxy) is 3. The minimum absolute atomic E-state index is 0.292. The molecule has 0 amide bonds. The van der Waals surface area contributed by atoms with Gasteiger partial charge >= 0.3 is 11.9 Å². The fraction of sp³-hybridized carbons (Fsp3) is 0.259. The Morgan fingerprint density at radius 3 is 2.47 bits per heavy atom. The van der Waals surface area contributed by atoms with Gasteiger partial charge in [-0.2, -0.15) is 0 Å². The van der Waals surface area contributed by atoms with Gasteiger partial charge < -0.3 is 14.2 Å². The highest BCUT2D eigenvalue weighted by Gasteiger charge is 2.33. The van der Waals surface area contributed by atoms with Gasteiger partial charge in [0.25, 0.3) is 5.56 Å². The first-order chi connectivity index (χ1) is 17.2. The number of nitrogens with zero attached hydrogens (tertiary/aromatic N) is 2. The fourth-order valence-corrected chi connectivity index (χ4v) is 4.99. The summed E-state index contributed by atoms with van der Waals surface area (Å²) in [5.74, 6) is 0.0956. The van der Waals surface area contributed by atoms with E-state index in [4.69, 9.17) is 14.2 Å². The third-order valence-electron chi connectivity index (χ3n) is 5.43. The summed E-state index contributed by atoms with van der Waals surface area (Å²) < 4.78 is 17.9. The number of hydrogen-bond acceptors (Lipinski definition) is 8. The standard InChI is InChI=1S/C27H26N2O6S/c1-15(2)34-26(32)23-16(3)28-27-29(24(23)19-9-11-20(33-5)12-10-19)25(31)22(36-27)14-18-7-6-8-21(13-18)35-17(4)30/h6-15,24H,1-5H3/b22-14+. The van der Waals surface area contributed by atoms with Gasteiger partial charge in [-0.1, -0.05) is 35.6 Å². The summed E-state index contributed by atoms with van der Waals surface area (Å²) in [4.78, 5) is 43.2. The lowest BCUT2D eigenvalue weighted by molar-refractivity contribution is -0.143. The zero-order valence-electron chi connectivity index (χ0n) is 20.6. The lowest BCUT2D eigenvalue weighted by atomic mass is 9.96. The molecule has 9 heteroatoms. The zero-order valence-corrected chi connectivity index (χ0v) is 21.4. The number of hydrogen-bond donors (Lipinski definition) is 0. The van der Waals surface area contributed by atoms with Gasteiger partial charge in [-0.25, -0.2) is 9.79 Å². The van der Waals surface area contributed by atoms with Gasteiger partial charge in [-0.15, -0.1) is 0 Å². The van der Waals surface area contributed by atoms with E-state index in [0.29, 0.717) is 37.7 Å². The molecular weight excluding hydrogens is 480 g/mol. The van der Waals surface area contributed by atoms with Crippen LogP contribution in [-0.2, 0) is 14.3 Å². The van der Waals surface area contributed by atoms with Gasteiger partial charge in [0.2, 0.25) is 0 Å². The molecule has 0 aliphatic carbocycles. The van der Waals surface area contributed by atoms with Crippen LogP contribution < -0.4 is 24.4 Å². The first-order valence-electron chi connectivity index (χ1n) is 11.3. The highest BCUT2D eigenvalue weighted by molar-refractivity contribution is 7.07. The van der Waals surface area contributed by atoms with Gasteiger partial charge in [-0.05, 0) is 62.2 Å². The number of esters is 2. The van der Waals surface area contributed by atoms with Crippen molar-refractivity contribution in [2.75, 3.05) is 7.11 Å². The normalized spacial score (nSPS) is 15.4. The molecule has 0 N–H and O–H groups in total. The maximum atomic E-state index is 13.7. The molecule has 1 aliphatic rings. The lowest BCUT2D eigenvalue weighted by Crippen LogP contribution is -2.40. The molecule has 186 valence electrons. The molecule has 8 nitrogen and oxygen atoms in total. The predicted molar refractivity (Wildman–Crippen MR) is 136 cm³/mol. The SMILES string of the molecule is COc1ccc(C2C(C(=O)OC(C)C)=C(C)N=c3s/c(=C/c4cccc(OC(C)=O)c4)c(=O)n32)cc1. The molecule has 0 saturated carbocycles. The van der Waals surface area contributed by atoms with Crippen molar-refractivity contribution in [1.29, 1.82) is 0 Å². The molecule has 0 fully saturated rings. The number of methoxy groups -OCH3 is 1. The Bertz CT molecular complexity index is 1530. The minimum atomic E-state index is -0.715. The zero-order chi connectivity index (χ0) is 26.0. The molecule has 0 radical (unpaired) electrons. The van der Waals surface area contributed by atoms with Crippen LogP contribution in [0.1, 0.15) is 44.9 Å². The Kier molecular flexibility index (Phi) is 7.21. The number of rotatable bonds is 6. The van der Waals surface area contributed by atoms with Crippen molar-refractivity contribution in [3.8, 4) is 11.5 Å². The number of aromatic nitrogens is 1. The van der Waals surface area contributed by atoms with Crippen LogP contribution in [0.2, 0.25) is 0 Å². The van der Waals surface area contributed by atoms with Crippen molar-refractivity contribution in [3.63, 3.8) is 0 Å². The number of fused-ring (bicyclic) bond motifs is 1. The highest BCUT2D eigenvalue weighted by atomic mass is 32.1. The van der Waals surface area contributed by atoms with E-state index in [1.54, 1.807) is 64.3 Å². The van der Waals surface area contributed by atoms with Gasteiger partial charge in [0.05, 0.1) is 35.1 Å². The van der Waals surface area contributed by atoms with Crippen LogP contribution in [0.4, 0.5) is 0 Å². The Balaban J connectivity index is 1.89. The Morgan fingerprint density at radius 2 is 1.83 bits per heavy atom. The van der Waals surface area contributed by atoms with Gasteiger partial charge in [-0.3, -0.25) is 14.2 Å². The first-order valence-corrected chi connectivity index (χ1v) is 12.2. The molecule has 0 saturated heterocycles. The van der Waals surface area contributed by atoms with Crippen LogP contribution in [0.5, 0.6) is 11.5 Å². The largest absolute Gasteiger partial charge is 0.497 e. The molecule has 1 unspecified atom stereocenters. The summed E-state index contributed by atoms with van der Waals surface area (Å²) in [6.07, 6.45) is 1.39. The van der Waals surface area contributed by atoms with E-state index in [0.717, 1.165) is 5.56 Å². The smallest absolute Gasteiger partial charge is 0.338 e. The molecule has 1 aliphatic heterocycles. The van der Waals surface area contributed by atoms with Crippen molar-refractivity contribution >= 4 is 29.4 Å². The minimum Gasteiger partial charge on any atom is -0.497 e. The van der Waals surface area contributed by atoms with Crippen molar-refractivity contribution in [3.05, 3.63) is 90.6 Å². The lowest BCUT2D eigenvalue weighted by Gasteiger charge is -2.25. The molecule has 2 aromatic carbocycles. The first kappa shape index (κ1) is 25.1. The average Bonchev–Trinajstić information content (AvgIpc) is 3.12. The average molecular weight is 507 g/mol. The summed E-state index contributed by atoms with van der Waals surface area (Å²) in [7, 11) is 1.57. The molecule has 3 aromatic rings. The van der Waals surface area contributed by atoms with Crippen LogP contribution in [0.3, 0.4) is 0 Å². The summed E-state index contributed by atoms with van der Waals surface area (Å²) in [6, 6.07) is 13.4. The van der Waals surface area contributed by atoms with Crippen molar-refractivity contribution in [2.24, 2.45) is 4.99 Å². The van der Waals surface area contributed by atoms with Crippen LogP contribution in [-0.4, -0.2) is 29.7 Å². The maximum Gasteiger partial charge on any atom is 0.338 e. The van der Waals surface area contributed by atoms with Crippen LogP contribution in [0.15, 0.2) is 69.6 Å². The summed E-state index contributed by atoms with van der Waals surface area (Å²) in [5, 5.41) is 0. The number of carbonyl (C=O) groups excluding carboxylic acids is 2. The van der Waals surface area contributed by atoms with Crippen LogP contribution in [0, 0.1) is 0 Å². The molecule has 36 heavy (non-hydrogen) atoms. The van der Waals surface area contributed by atoms with Crippen molar-refractivity contribution in [2.45, 2.75) is 39.8 Å². The summed E-state index contributed by atoms with van der Waals surface area (Å²) in [5.41, 5.74) is 1.93. The molecule has 2 heterocycles. The third kappa shape index (κ3) is 5.16. The van der Waals surface area contributed by atoms with Crippen LogP contribution >= 0.6 is 11.3 Å². The van der Waals surface area contributed by atoms with Gasteiger partial charge in [0.1, 0.15) is 11.5 Å². The van der Waals surface area contributed by atoms with E-state index in [9.17, 15) is 14.4 Å². The number of carbonyl (C=O) groups is 2. The third-order valence-corrected chi connectivity index (χ3v) is 6.42. The van der Waals surface area contributed by atoms with E-state index in [2.05, 4.69) is 4.99 Å². The Hall–Kier alpha value is -3.98. The van der Waals surface area contributed by atoms with E-state index in [1.807, 2.05) is 18.2 Å². The van der Waals surface area contributed by atoms with Gasteiger partial charge in [0, 0.05) is 6.92 Å². The quantitative estimate of drug-likeness (QED) is 0.377. The van der Waals surface area contributed by atoms with E-state index < -0.39 is 18.0 Å². The molecule has 0 spiro atoms. The monoisotopic (exact) mass is 506 g/mol. The van der Waals surface area contributed by atoms with E-state index >= 15 is 0 Å². The number of benzene rings is 2. The fourth-order valence-electron chi connectivity index (χ4n) is 3.95. The second-order valence-electron chi connectivity index (χ2n) is 8.48. The predicted octanol–water partition coefficient (Wildman–Crippen LogP) is 3.12. The van der Waals surface area contributed by atoms with Crippen LogP contribution in [0.25, 0.3) is 6.08 Å². The summed E-state index contributed by atoms with van der Waals surface area (Å²) >= 11 is 1.22. The molecular formula is C27H26N2O6S. The number of allylic oxidation sites excluding steroid dienone is 1. The van der Waals surface area contributed by atoms with E-state index in [-0.39, 0.29) is 11.7 Å². The van der Waals surface area contributed by atoms with Crippen molar-refractivity contribution < 1.29 is 23.8 Å². The second kappa shape index (κ2) is 10.3. The molecule has 0 bridgehead atoms. The molecule has 4 rings (SSSR count). The van der Waals surface area contributed by atoms with E-state index in [1.165, 1.54) is 22.8 Å². The Morgan fingerprint density at radius 1 is 1.11 bits per heavy atom. The van der Waals surface area contributed by atoms with Gasteiger partial charge in [0.15, 0.2) is 4.80 Å². The summed E-state index contributed by atoms with van der Waals surface area (Å²) in [6.45, 7) is 6.62. The highest BCUT2D eigenvalue weighted by Crippen LogP contribution is 2.31. The molecule has 1 atom stereocenters. The molecule has 1 aromatic heterocycles. The maximum absolute atomic E-state index is 13.7. The topological polar surface area (TPSA) is 96.2 Å².